The molecular weight excluding hydrogens is 425 g/mol. The van der Waals surface area contributed by atoms with Gasteiger partial charge in [0.1, 0.15) is 19.3 Å². The van der Waals surface area contributed by atoms with Gasteiger partial charge in [-0.25, -0.2) is 8.42 Å². The monoisotopic (exact) mass is 444 g/mol. The Bertz CT molecular complexity index is 1060. The number of rotatable bonds is 5. The second kappa shape index (κ2) is 8.05. The van der Waals surface area contributed by atoms with E-state index in [-0.39, 0.29) is 5.69 Å². The fourth-order valence-electron chi connectivity index (χ4n) is 3.00. The van der Waals surface area contributed by atoms with Gasteiger partial charge in [0.05, 0.1) is 17.5 Å². The van der Waals surface area contributed by atoms with Crippen molar-refractivity contribution in [1.82, 2.24) is 0 Å². The van der Waals surface area contributed by atoms with Crippen LogP contribution in [-0.4, -0.2) is 39.8 Å². The van der Waals surface area contributed by atoms with Crippen molar-refractivity contribution in [3.63, 3.8) is 0 Å². The minimum atomic E-state index is -4.66. The maximum Gasteiger partial charge on any atom is 0.416 e. The third kappa shape index (κ3) is 4.78. The van der Waals surface area contributed by atoms with Crippen LogP contribution < -0.4 is 19.1 Å². The first kappa shape index (κ1) is 21.8. The van der Waals surface area contributed by atoms with Crippen LogP contribution in [0.15, 0.2) is 42.5 Å². The summed E-state index contributed by atoms with van der Waals surface area (Å²) in [5, 5.41) is 2.56. The van der Waals surface area contributed by atoms with E-state index < -0.39 is 33.7 Å². The Morgan fingerprint density at radius 2 is 1.77 bits per heavy atom. The molecule has 0 saturated heterocycles. The van der Waals surface area contributed by atoms with Gasteiger partial charge < -0.3 is 14.8 Å². The zero-order valence-corrected chi connectivity index (χ0v) is 16.9. The molecule has 0 aliphatic carbocycles. The summed E-state index contributed by atoms with van der Waals surface area (Å²) in [5.74, 6) is 0.202. The van der Waals surface area contributed by atoms with Crippen LogP contribution in [0.2, 0.25) is 0 Å². The zero-order chi connectivity index (χ0) is 22.1. The van der Waals surface area contributed by atoms with Crippen molar-refractivity contribution >= 4 is 27.3 Å². The fourth-order valence-corrected chi connectivity index (χ4v) is 4.16. The van der Waals surface area contributed by atoms with Gasteiger partial charge in [-0.2, -0.15) is 13.2 Å². The number of amides is 1. The lowest BCUT2D eigenvalue weighted by molar-refractivity contribution is -0.137. The largest absolute Gasteiger partial charge is 0.486 e. The number of carbonyl (C=O) groups is 1. The molecule has 2 aromatic rings. The van der Waals surface area contributed by atoms with Gasteiger partial charge in [0.2, 0.25) is 15.9 Å². The smallest absolute Gasteiger partial charge is 0.416 e. The number of anilines is 2. The number of nitrogens with zero attached hydrogens (tertiary/aromatic N) is 1. The SMILES string of the molecule is CC(C(=O)Nc1ccc2c(c1)OCCO2)N(c1cccc(C(F)(F)F)c1)S(C)(=O)=O. The summed E-state index contributed by atoms with van der Waals surface area (Å²) < 4.78 is 75.2. The van der Waals surface area contributed by atoms with Crippen LogP contribution in [0.4, 0.5) is 24.5 Å². The molecular formula is C19H19F3N2O5S. The summed E-state index contributed by atoms with van der Waals surface area (Å²) in [6.45, 7) is 2.03. The normalized spacial score (nSPS) is 14.7. The number of alkyl halides is 3. The second-order valence-corrected chi connectivity index (χ2v) is 8.49. The van der Waals surface area contributed by atoms with Gasteiger partial charge in [0, 0.05) is 11.8 Å². The van der Waals surface area contributed by atoms with Crippen molar-refractivity contribution in [3.8, 4) is 11.5 Å². The molecule has 30 heavy (non-hydrogen) atoms. The summed E-state index contributed by atoms with van der Waals surface area (Å²) in [7, 11) is -4.07. The lowest BCUT2D eigenvalue weighted by Gasteiger charge is -2.29. The van der Waals surface area contributed by atoms with Crippen molar-refractivity contribution in [2.75, 3.05) is 29.1 Å². The van der Waals surface area contributed by atoms with Crippen LogP contribution in [0.3, 0.4) is 0 Å². The minimum Gasteiger partial charge on any atom is -0.486 e. The predicted molar refractivity (Wildman–Crippen MR) is 104 cm³/mol. The molecule has 1 atom stereocenters. The van der Waals surface area contributed by atoms with Gasteiger partial charge in [-0.1, -0.05) is 6.07 Å². The van der Waals surface area contributed by atoms with E-state index in [1.165, 1.54) is 19.1 Å². The fraction of sp³-hybridized carbons (Fsp3) is 0.316. The number of hydrogen-bond acceptors (Lipinski definition) is 5. The van der Waals surface area contributed by atoms with E-state index in [0.29, 0.717) is 40.8 Å². The van der Waals surface area contributed by atoms with E-state index in [1.54, 1.807) is 12.1 Å². The Labute approximate surface area is 171 Å². The molecule has 1 heterocycles. The third-order valence-electron chi connectivity index (χ3n) is 4.33. The first-order valence-corrected chi connectivity index (χ1v) is 10.7. The average molecular weight is 444 g/mol. The highest BCUT2D eigenvalue weighted by atomic mass is 32.2. The lowest BCUT2D eigenvalue weighted by atomic mass is 10.1. The standard InChI is InChI=1S/C19H19F3N2O5S/c1-12(18(25)23-14-6-7-16-17(11-14)29-9-8-28-16)24(30(2,26)27)15-5-3-4-13(10-15)19(20,21)22/h3-7,10-12H,8-9H2,1-2H3,(H,23,25). The Kier molecular flexibility index (Phi) is 5.84. The van der Waals surface area contributed by atoms with Crippen molar-refractivity contribution in [1.29, 1.82) is 0 Å². The van der Waals surface area contributed by atoms with Crippen LogP contribution in [0.1, 0.15) is 12.5 Å². The van der Waals surface area contributed by atoms with Crippen LogP contribution >= 0.6 is 0 Å². The summed E-state index contributed by atoms with van der Waals surface area (Å²) >= 11 is 0. The van der Waals surface area contributed by atoms with Crippen molar-refractivity contribution in [2.45, 2.75) is 19.1 Å². The van der Waals surface area contributed by atoms with Gasteiger partial charge in [0.25, 0.3) is 0 Å². The minimum absolute atomic E-state index is 0.267. The Hall–Kier alpha value is -2.95. The van der Waals surface area contributed by atoms with Crippen LogP contribution in [-0.2, 0) is 21.0 Å². The van der Waals surface area contributed by atoms with E-state index in [0.717, 1.165) is 18.4 Å². The average Bonchev–Trinajstić information content (AvgIpc) is 2.66. The predicted octanol–water partition coefficient (Wildman–Crippen LogP) is 3.27. The first-order chi connectivity index (χ1) is 14.0. The number of carbonyl (C=O) groups excluding carboxylic acids is 1. The first-order valence-electron chi connectivity index (χ1n) is 8.84. The molecule has 162 valence electrons. The van der Waals surface area contributed by atoms with E-state index in [9.17, 15) is 26.4 Å². The second-order valence-electron chi connectivity index (χ2n) is 6.63. The molecule has 0 fully saturated rings. The molecule has 7 nitrogen and oxygen atoms in total. The number of halogens is 3. The molecule has 1 unspecified atom stereocenters. The van der Waals surface area contributed by atoms with Crippen molar-refractivity contribution in [3.05, 3.63) is 48.0 Å². The molecule has 0 saturated carbocycles. The zero-order valence-electron chi connectivity index (χ0n) is 16.1. The van der Waals surface area contributed by atoms with Gasteiger partial charge in [0.15, 0.2) is 11.5 Å². The molecule has 11 heteroatoms. The summed E-state index contributed by atoms with van der Waals surface area (Å²) in [5.41, 5.74) is -0.959. The van der Waals surface area contributed by atoms with Gasteiger partial charge in [-0.05, 0) is 37.3 Å². The van der Waals surface area contributed by atoms with E-state index in [4.69, 9.17) is 9.47 Å². The summed E-state index contributed by atoms with van der Waals surface area (Å²) in [6, 6.07) is 7.14. The molecule has 1 N–H and O–H groups in total. The van der Waals surface area contributed by atoms with Crippen LogP contribution in [0, 0.1) is 0 Å². The van der Waals surface area contributed by atoms with Gasteiger partial charge >= 0.3 is 6.18 Å². The van der Waals surface area contributed by atoms with Crippen molar-refractivity contribution in [2.24, 2.45) is 0 Å². The van der Waals surface area contributed by atoms with Crippen LogP contribution in [0.5, 0.6) is 11.5 Å². The highest BCUT2D eigenvalue weighted by molar-refractivity contribution is 7.92. The summed E-state index contributed by atoms with van der Waals surface area (Å²) in [6.07, 6.45) is -3.84. The highest BCUT2D eigenvalue weighted by Gasteiger charge is 2.34. The number of sulfonamides is 1. The van der Waals surface area contributed by atoms with Gasteiger partial charge in [-0.15, -0.1) is 0 Å². The number of ether oxygens (including phenoxy) is 2. The molecule has 3 rings (SSSR count). The molecule has 0 radical (unpaired) electrons. The molecule has 0 aromatic heterocycles. The molecule has 1 aliphatic heterocycles. The summed E-state index contributed by atoms with van der Waals surface area (Å²) in [4.78, 5) is 12.7. The molecule has 2 aromatic carbocycles. The number of benzene rings is 2. The van der Waals surface area contributed by atoms with Crippen molar-refractivity contribution < 1.29 is 35.9 Å². The quantitative estimate of drug-likeness (QED) is 0.765. The van der Waals surface area contributed by atoms with Gasteiger partial charge in [-0.3, -0.25) is 9.10 Å². The number of fused-ring (bicyclic) bond motifs is 1. The van der Waals surface area contributed by atoms with E-state index >= 15 is 0 Å². The maximum absolute atomic E-state index is 13.0. The topological polar surface area (TPSA) is 84.9 Å². The van der Waals surface area contributed by atoms with E-state index in [1.807, 2.05) is 0 Å². The number of hydrogen-bond donors (Lipinski definition) is 1. The Morgan fingerprint density at radius 3 is 2.40 bits per heavy atom. The third-order valence-corrected chi connectivity index (χ3v) is 5.57. The maximum atomic E-state index is 13.0. The molecule has 0 spiro atoms. The van der Waals surface area contributed by atoms with E-state index in [2.05, 4.69) is 5.32 Å². The molecule has 1 amide bonds. The van der Waals surface area contributed by atoms with Crippen LogP contribution in [0.25, 0.3) is 0 Å². The molecule has 0 bridgehead atoms. The Morgan fingerprint density at radius 1 is 1.10 bits per heavy atom. The lowest BCUT2D eigenvalue weighted by Crippen LogP contribution is -2.45. The molecule has 1 aliphatic rings. The Balaban J connectivity index is 1.87. The number of nitrogens with one attached hydrogen (secondary N) is 1. The highest BCUT2D eigenvalue weighted by Crippen LogP contribution is 2.34.